The van der Waals surface area contributed by atoms with Crippen molar-refractivity contribution in [2.45, 2.75) is 11.3 Å². The molecule has 0 aromatic heterocycles. The lowest BCUT2D eigenvalue weighted by Gasteiger charge is -2.52. The first-order valence-corrected chi connectivity index (χ1v) is 14.2. The molecule has 0 unspecified atom stereocenters. The van der Waals surface area contributed by atoms with Crippen LogP contribution in [-0.2, 0) is 15.0 Å². The van der Waals surface area contributed by atoms with Gasteiger partial charge in [0, 0.05) is 35.9 Å². The number of imide groups is 1. The molecule has 3 amide bonds. The number of nitro benzene ring substituents is 2. The molecule has 8 rings (SSSR count). The second kappa shape index (κ2) is 10.4. The number of rotatable bonds is 7. The van der Waals surface area contributed by atoms with Crippen LogP contribution in [0.3, 0.4) is 0 Å². The topological polar surface area (TPSA) is 174 Å². The molecule has 4 aliphatic rings. The Balaban J connectivity index is 1.38. The van der Waals surface area contributed by atoms with E-state index in [4.69, 9.17) is 4.74 Å². The number of hydrazone groups is 1. The number of amides is 3. The quantitative estimate of drug-likeness (QED) is 0.137. The monoisotopic (exact) mass is 617 g/mol. The van der Waals surface area contributed by atoms with Crippen LogP contribution in [0.25, 0.3) is 0 Å². The smallest absolute Gasteiger partial charge is 0.273 e. The summed E-state index contributed by atoms with van der Waals surface area (Å²) in [6, 6.07) is 23.8. The molecule has 4 aromatic rings. The van der Waals surface area contributed by atoms with Crippen molar-refractivity contribution in [3.05, 3.63) is 139 Å². The third-order valence-corrected chi connectivity index (χ3v) is 9.05. The van der Waals surface area contributed by atoms with E-state index >= 15 is 0 Å². The molecule has 1 heterocycles. The average molecular weight is 618 g/mol. The minimum absolute atomic E-state index is 0.0103. The average Bonchev–Trinajstić information content (AvgIpc) is 3.34. The molecule has 13 heteroatoms. The number of nitrogens with one attached hydrogen (secondary N) is 1. The van der Waals surface area contributed by atoms with Gasteiger partial charge in [-0.15, -0.1) is 0 Å². The van der Waals surface area contributed by atoms with Gasteiger partial charge in [0.25, 0.3) is 17.3 Å². The van der Waals surface area contributed by atoms with E-state index in [9.17, 15) is 34.6 Å². The predicted octanol–water partition coefficient (Wildman–Crippen LogP) is 4.48. The molecule has 1 N–H and O–H groups in total. The Hall–Kier alpha value is -6.24. The summed E-state index contributed by atoms with van der Waals surface area (Å²) in [6.45, 7) is 0. The lowest BCUT2D eigenvalue weighted by molar-refractivity contribution is -0.385. The van der Waals surface area contributed by atoms with Crippen molar-refractivity contribution in [3.8, 4) is 5.75 Å². The highest BCUT2D eigenvalue weighted by Gasteiger charge is 2.68. The number of anilines is 1. The van der Waals surface area contributed by atoms with Gasteiger partial charge in [0.15, 0.2) is 0 Å². The summed E-state index contributed by atoms with van der Waals surface area (Å²) in [5.41, 5.74) is 3.86. The molecule has 1 fully saturated rings. The maximum absolute atomic E-state index is 14.6. The standard InChI is InChI=1S/C33H23N5O8/c1-46-26-16-20(38(44)45)13-14-25(26)36-31(40)28-27-21-9-2-4-11-23(21)33(29(28)32(36)41,24-12-5-3-10-22(24)27)17-34-35-30(39)18-7-6-8-19(15-18)37(42)43/h2-17,27-29H,1H3,(H,35,39)/b34-17-/t27?,28-,29+,33?/m1/s1. The van der Waals surface area contributed by atoms with E-state index in [1.165, 1.54) is 43.7 Å². The summed E-state index contributed by atoms with van der Waals surface area (Å²) in [5.74, 6) is -4.09. The Morgan fingerprint density at radius 3 is 2.13 bits per heavy atom. The zero-order chi connectivity index (χ0) is 32.3. The number of hydrogen-bond acceptors (Lipinski definition) is 9. The zero-order valence-corrected chi connectivity index (χ0v) is 24.0. The van der Waals surface area contributed by atoms with Crippen LogP contribution in [0.2, 0.25) is 0 Å². The van der Waals surface area contributed by atoms with Crippen LogP contribution in [0.15, 0.2) is 96.1 Å². The number of carbonyl (C=O) groups is 3. The summed E-state index contributed by atoms with van der Waals surface area (Å²) < 4.78 is 5.41. The van der Waals surface area contributed by atoms with Crippen molar-refractivity contribution in [2.24, 2.45) is 16.9 Å². The second-order valence-electron chi connectivity index (χ2n) is 11.2. The van der Waals surface area contributed by atoms with Crippen molar-refractivity contribution in [1.29, 1.82) is 0 Å². The predicted molar refractivity (Wildman–Crippen MR) is 164 cm³/mol. The fraction of sp³-hybridized carbons (Fsp3) is 0.152. The summed E-state index contributed by atoms with van der Waals surface area (Å²) in [5, 5.41) is 27.0. The van der Waals surface area contributed by atoms with Crippen molar-refractivity contribution in [2.75, 3.05) is 12.0 Å². The van der Waals surface area contributed by atoms with Gasteiger partial charge in [-0.05, 0) is 34.4 Å². The van der Waals surface area contributed by atoms with Crippen LogP contribution >= 0.6 is 0 Å². The number of carbonyl (C=O) groups excluding carboxylic acids is 3. The Labute approximate surface area is 260 Å². The van der Waals surface area contributed by atoms with E-state index in [1.807, 2.05) is 48.5 Å². The van der Waals surface area contributed by atoms with Gasteiger partial charge in [-0.25, -0.2) is 10.3 Å². The summed E-state index contributed by atoms with van der Waals surface area (Å²) in [6.07, 6.45) is 1.47. The molecule has 0 spiro atoms. The van der Waals surface area contributed by atoms with Crippen LogP contribution < -0.4 is 15.1 Å². The fourth-order valence-electron chi connectivity index (χ4n) is 7.27. The lowest BCUT2D eigenvalue weighted by atomic mass is 9.47. The number of non-ortho nitro benzene ring substituents is 2. The van der Waals surface area contributed by atoms with E-state index < -0.39 is 50.7 Å². The van der Waals surface area contributed by atoms with Crippen LogP contribution in [0.5, 0.6) is 5.75 Å². The molecular formula is C33H23N5O8. The molecule has 2 atom stereocenters. The van der Waals surface area contributed by atoms with Gasteiger partial charge >= 0.3 is 0 Å². The molecule has 46 heavy (non-hydrogen) atoms. The first-order valence-electron chi connectivity index (χ1n) is 14.2. The van der Waals surface area contributed by atoms with Crippen LogP contribution in [0.1, 0.15) is 38.5 Å². The van der Waals surface area contributed by atoms with Crippen LogP contribution in [0, 0.1) is 32.1 Å². The highest BCUT2D eigenvalue weighted by atomic mass is 16.6. The van der Waals surface area contributed by atoms with Gasteiger partial charge in [0.2, 0.25) is 11.8 Å². The van der Waals surface area contributed by atoms with Gasteiger partial charge in [-0.3, -0.25) is 34.6 Å². The third kappa shape index (κ3) is 3.94. The highest BCUT2D eigenvalue weighted by molar-refractivity contribution is 6.25. The minimum atomic E-state index is -1.31. The Bertz CT molecular complexity index is 1990. The van der Waals surface area contributed by atoms with Crippen molar-refractivity contribution < 1.29 is 29.0 Å². The molecule has 2 bridgehead atoms. The highest BCUT2D eigenvalue weighted by Crippen LogP contribution is 2.64. The van der Waals surface area contributed by atoms with Gasteiger partial charge in [-0.2, -0.15) is 5.10 Å². The number of hydrogen-bond donors (Lipinski definition) is 1. The Kier molecular flexibility index (Phi) is 6.47. The maximum Gasteiger partial charge on any atom is 0.273 e. The van der Waals surface area contributed by atoms with Crippen molar-refractivity contribution in [3.63, 3.8) is 0 Å². The molecule has 1 saturated heterocycles. The van der Waals surface area contributed by atoms with E-state index in [2.05, 4.69) is 10.5 Å². The van der Waals surface area contributed by atoms with E-state index in [0.717, 1.165) is 39.3 Å². The number of nitro groups is 2. The first kappa shape index (κ1) is 28.5. The van der Waals surface area contributed by atoms with E-state index in [-0.39, 0.29) is 28.4 Å². The summed E-state index contributed by atoms with van der Waals surface area (Å²) >= 11 is 0. The van der Waals surface area contributed by atoms with Gasteiger partial charge in [0.05, 0.1) is 46.0 Å². The normalized spacial score (nSPS) is 22.3. The molecule has 1 aliphatic heterocycles. The number of benzene rings is 4. The van der Waals surface area contributed by atoms with Gasteiger partial charge in [-0.1, -0.05) is 54.6 Å². The first-order chi connectivity index (χ1) is 22.2. The maximum atomic E-state index is 14.6. The Morgan fingerprint density at radius 2 is 1.50 bits per heavy atom. The minimum Gasteiger partial charge on any atom is -0.494 e. The zero-order valence-electron chi connectivity index (χ0n) is 24.0. The molecule has 3 aliphatic carbocycles. The lowest BCUT2D eigenvalue weighted by Crippen LogP contribution is -2.54. The van der Waals surface area contributed by atoms with E-state index in [1.54, 1.807) is 0 Å². The molecule has 13 nitrogen and oxygen atoms in total. The molecule has 228 valence electrons. The van der Waals surface area contributed by atoms with Crippen molar-refractivity contribution >= 4 is 41.0 Å². The summed E-state index contributed by atoms with van der Waals surface area (Å²) in [4.78, 5) is 64.5. The van der Waals surface area contributed by atoms with Crippen LogP contribution in [0.4, 0.5) is 17.1 Å². The van der Waals surface area contributed by atoms with E-state index in [0.29, 0.717) is 0 Å². The molecule has 4 aromatic carbocycles. The third-order valence-electron chi connectivity index (χ3n) is 9.05. The van der Waals surface area contributed by atoms with Crippen molar-refractivity contribution in [1.82, 2.24) is 5.43 Å². The van der Waals surface area contributed by atoms with Gasteiger partial charge < -0.3 is 4.74 Å². The van der Waals surface area contributed by atoms with Crippen LogP contribution in [-0.4, -0.2) is 40.9 Å². The molecule has 0 saturated carbocycles. The molecule has 0 radical (unpaired) electrons. The number of methoxy groups -OCH3 is 1. The Morgan fingerprint density at radius 1 is 0.870 bits per heavy atom. The largest absolute Gasteiger partial charge is 0.494 e. The molecular weight excluding hydrogens is 594 g/mol. The number of nitrogens with zero attached hydrogens (tertiary/aromatic N) is 4. The second-order valence-corrected chi connectivity index (χ2v) is 11.2. The number of ether oxygens (including phenoxy) is 1. The summed E-state index contributed by atoms with van der Waals surface area (Å²) in [7, 11) is 1.30. The SMILES string of the molecule is COc1cc([N+](=O)[O-])ccc1N1C(=O)[C@@H]2C3c4ccccc4C(/C=N\NC(=O)c4cccc([N+](=O)[O-])c4)(c4ccccc43)[C@@H]2C1=O. The van der Waals surface area contributed by atoms with Gasteiger partial charge in [0.1, 0.15) is 5.75 Å². The fourth-order valence-corrected chi connectivity index (χ4v) is 7.27.